The van der Waals surface area contributed by atoms with Gasteiger partial charge in [-0.2, -0.15) is 0 Å². The van der Waals surface area contributed by atoms with Gasteiger partial charge in [-0.3, -0.25) is 0 Å². The molecule has 2 nitrogen and oxygen atoms in total. The molecule has 0 spiro atoms. The van der Waals surface area contributed by atoms with Crippen LogP contribution in [-0.2, 0) is 4.74 Å². The monoisotopic (exact) mass is 241 g/mol. The van der Waals surface area contributed by atoms with Crippen LogP contribution in [0.2, 0.25) is 0 Å². The third-order valence-electron chi connectivity index (χ3n) is 3.99. The first-order valence-corrected chi connectivity index (χ1v) is 7.48. The zero-order valence-corrected chi connectivity index (χ0v) is 12.0. The summed E-state index contributed by atoms with van der Waals surface area (Å²) in [5, 5.41) is 3.73. The van der Waals surface area contributed by atoms with Crippen molar-refractivity contribution in [2.45, 2.75) is 64.8 Å². The average Bonchev–Trinajstić information content (AvgIpc) is 2.53. The molecule has 1 N–H and O–H groups in total. The van der Waals surface area contributed by atoms with Crippen molar-refractivity contribution in [2.75, 3.05) is 20.3 Å². The molecule has 3 atom stereocenters. The summed E-state index contributed by atoms with van der Waals surface area (Å²) < 4.78 is 5.18. The molecule has 0 saturated heterocycles. The lowest BCUT2D eigenvalue weighted by Gasteiger charge is -2.19. The van der Waals surface area contributed by atoms with Crippen LogP contribution in [0.1, 0.15) is 58.8 Å². The Morgan fingerprint density at radius 1 is 1.24 bits per heavy atom. The molecule has 0 amide bonds. The van der Waals surface area contributed by atoms with Crippen molar-refractivity contribution in [3.05, 3.63) is 0 Å². The van der Waals surface area contributed by atoms with Gasteiger partial charge in [-0.1, -0.05) is 39.5 Å². The molecule has 0 aliphatic heterocycles. The Labute approximate surface area is 108 Å². The van der Waals surface area contributed by atoms with Gasteiger partial charge in [0.25, 0.3) is 0 Å². The first-order chi connectivity index (χ1) is 8.26. The van der Waals surface area contributed by atoms with Crippen LogP contribution in [0, 0.1) is 11.8 Å². The molecule has 1 aliphatic carbocycles. The highest BCUT2D eigenvalue weighted by Crippen LogP contribution is 2.26. The third-order valence-corrected chi connectivity index (χ3v) is 3.99. The van der Waals surface area contributed by atoms with Crippen LogP contribution in [0.15, 0.2) is 0 Å². The van der Waals surface area contributed by atoms with E-state index in [1.165, 1.54) is 44.9 Å². The number of hydrogen-bond acceptors (Lipinski definition) is 2. The standard InChI is InChI=1S/C15H31NO/c1-4-6-14-7-5-8-15(10-9-14)16-11-13(2)12-17-3/h13-16H,4-12H2,1-3H3. The second-order valence-corrected chi connectivity index (χ2v) is 5.83. The maximum absolute atomic E-state index is 5.18. The molecule has 0 radical (unpaired) electrons. The Bertz CT molecular complexity index is 184. The summed E-state index contributed by atoms with van der Waals surface area (Å²) in [7, 11) is 1.79. The van der Waals surface area contributed by atoms with E-state index in [1.54, 1.807) is 7.11 Å². The molecule has 0 heterocycles. The van der Waals surface area contributed by atoms with Gasteiger partial charge < -0.3 is 10.1 Å². The maximum atomic E-state index is 5.18. The van der Waals surface area contributed by atoms with Crippen LogP contribution in [0.25, 0.3) is 0 Å². The molecular weight excluding hydrogens is 210 g/mol. The highest BCUT2D eigenvalue weighted by molar-refractivity contribution is 4.75. The smallest absolute Gasteiger partial charge is 0.0499 e. The van der Waals surface area contributed by atoms with E-state index < -0.39 is 0 Å². The van der Waals surface area contributed by atoms with E-state index in [4.69, 9.17) is 4.74 Å². The number of hydrogen-bond donors (Lipinski definition) is 1. The van der Waals surface area contributed by atoms with Crippen molar-refractivity contribution >= 4 is 0 Å². The van der Waals surface area contributed by atoms with E-state index >= 15 is 0 Å². The minimum Gasteiger partial charge on any atom is -0.384 e. The molecule has 0 aromatic rings. The second kappa shape index (κ2) is 8.93. The molecule has 0 aromatic heterocycles. The lowest BCUT2D eigenvalue weighted by Crippen LogP contribution is -2.33. The highest BCUT2D eigenvalue weighted by Gasteiger charge is 2.18. The van der Waals surface area contributed by atoms with Gasteiger partial charge >= 0.3 is 0 Å². The van der Waals surface area contributed by atoms with E-state index in [1.807, 2.05) is 0 Å². The molecule has 2 heteroatoms. The molecule has 0 bridgehead atoms. The minimum absolute atomic E-state index is 0.634. The van der Waals surface area contributed by atoms with Crippen molar-refractivity contribution in [1.82, 2.24) is 5.32 Å². The summed E-state index contributed by atoms with van der Waals surface area (Å²) in [5.41, 5.74) is 0. The fourth-order valence-corrected chi connectivity index (χ4v) is 2.99. The van der Waals surface area contributed by atoms with Crippen LogP contribution in [0.3, 0.4) is 0 Å². The summed E-state index contributed by atoms with van der Waals surface area (Å²) in [4.78, 5) is 0. The number of nitrogens with one attached hydrogen (secondary N) is 1. The molecule has 3 unspecified atom stereocenters. The first kappa shape index (κ1) is 15.0. The molecule has 1 saturated carbocycles. The predicted octanol–water partition coefficient (Wildman–Crippen LogP) is 3.61. The van der Waals surface area contributed by atoms with Crippen LogP contribution < -0.4 is 5.32 Å². The molecule has 0 aromatic carbocycles. The van der Waals surface area contributed by atoms with Crippen molar-refractivity contribution in [1.29, 1.82) is 0 Å². The van der Waals surface area contributed by atoms with Crippen LogP contribution in [-0.4, -0.2) is 26.3 Å². The zero-order chi connectivity index (χ0) is 12.5. The molecule has 1 fully saturated rings. The van der Waals surface area contributed by atoms with Crippen LogP contribution >= 0.6 is 0 Å². The molecule has 102 valence electrons. The summed E-state index contributed by atoms with van der Waals surface area (Å²) in [6, 6.07) is 0.760. The first-order valence-electron chi connectivity index (χ1n) is 7.48. The molecule has 1 aliphatic rings. The Morgan fingerprint density at radius 3 is 2.76 bits per heavy atom. The third kappa shape index (κ3) is 6.42. The van der Waals surface area contributed by atoms with Crippen LogP contribution in [0.5, 0.6) is 0 Å². The highest BCUT2D eigenvalue weighted by atomic mass is 16.5. The fraction of sp³-hybridized carbons (Fsp3) is 1.00. The van der Waals surface area contributed by atoms with E-state index in [2.05, 4.69) is 19.2 Å². The number of methoxy groups -OCH3 is 1. The van der Waals surface area contributed by atoms with Crippen molar-refractivity contribution in [3.8, 4) is 0 Å². The van der Waals surface area contributed by atoms with Gasteiger partial charge in [-0.15, -0.1) is 0 Å². The van der Waals surface area contributed by atoms with Gasteiger partial charge in [0.1, 0.15) is 0 Å². The van der Waals surface area contributed by atoms with E-state index in [9.17, 15) is 0 Å². The fourth-order valence-electron chi connectivity index (χ4n) is 2.99. The quantitative estimate of drug-likeness (QED) is 0.688. The molecule has 1 rings (SSSR count). The van der Waals surface area contributed by atoms with Crippen molar-refractivity contribution in [3.63, 3.8) is 0 Å². The van der Waals surface area contributed by atoms with E-state index in [0.717, 1.165) is 25.1 Å². The Balaban J connectivity index is 2.17. The largest absolute Gasteiger partial charge is 0.384 e. The van der Waals surface area contributed by atoms with Gasteiger partial charge in [0.05, 0.1) is 0 Å². The normalized spacial score (nSPS) is 27.7. The Morgan fingerprint density at radius 2 is 2.06 bits per heavy atom. The van der Waals surface area contributed by atoms with Gasteiger partial charge in [-0.05, 0) is 31.1 Å². The van der Waals surface area contributed by atoms with Gasteiger partial charge in [0, 0.05) is 26.3 Å². The lowest BCUT2D eigenvalue weighted by atomic mass is 9.95. The predicted molar refractivity (Wildman–Crippen MR) is 74.3 cm³/mol. The van der Waals surface area contributed by atoms with Gasteiger partial charge in [-0.25, -0.2) is 0 Å². The second-order valence-electron chi connectivity index (χ2n) is 5.83. The summed E-state index contributed by atoms with van der Waals surface area (Å²) in [5.74, 6) is 1.64. The molecule has 17 heavy (non-hydrogen) atoms. The summed E-state index contributed by atoms with van der Waals surface area (Å²) in [6.45, 7) is 6.55. The summed E-state index contributed by atoms with van der Waals surface area (Å²) >= 11 is 0. The lowest BCUT2D eigenvalue weighted by molar-refractivity contribution is 0.156. The van der Waals surface area contributed by atoms with E-state index in [-0.39, 0.29) is 0 Å². The average molecular weight is 241 g/mol. The van der Waals surface area contributed by atoms with Crippen LogP contribution in [0.4, 0.5) is 0 Å². The minimum atomic E-state index is 0.634. The zero-order valence-electron chi connectivity index (χ0n) is 12.0. The topological polar surface area (TPSA) is 21.3 Å². The number of rotatable bonds is 7. The van der Waals surface area contributed by atoms with Crippen molar-refractivity contribution < 1.29 is 4.74 Å². The van der Waals surface area contributed by atoms with Crippen molar-refractivity contribution in [2.24, 2.45) is 11.8 Å². The number of ether oxygens (including phenoxy) is 1. The van der Waals surface area contributed by atoms with E-state index in [0.29, 0.717) is 5.92 Å². The SMILES string of the molecule is CCCC1CCCC(NCC(C)COC)CC1. The molecular formula is C15H31NO. The Hall–Kier alpha value is -0.0800. The van der Waals surface area contributed by atoms with Gasteiger partial charge in [0.15, 0.2) is 0 Å². The van der Waals surface area contributed by atoms with Gasteiger partial charge in [0.2, 0.25) is 0 Å². The summed E-state index contributed by atoms with van der Waals surface area (Å²) in [6.07, 6.45) is 9.86. The maximum Gasteiger partial charge on any atom is 0.0499 e. The Kier molecular flexibility index (Phi) is 7.87.